The number of aryl methyl sites for hydroxylation is 1. The van der Waals surface area contributed by atoms with Crippen molar-refractivity contribution >= 4 is 0 Å². The second-order valence-corrected chi connectivity index (χ2v) is 9.32. The summed E-state index contributed by atoms with van der Waals surface area (Å²) in [4.78, 5) is 2.40. The van der Waals surface area contributed by atoms with E-state index in [4.69, 9.17) is 0 Å². The first-order valence-corrected chi connectivity index (χ1v) is 11.7. The van der Waals surface area contributed by atoms with Crippen LogP contribution in [0.15, 0.2) is 72.8 Å². The van der Waals surface area contributed by atoms with E-state index in [2.05, 4.69) is 69.1 Å². The van der Waals surface area contributed by atoms with Crippen LogP contribution in [0.2, 0.25) is 0 Å². The van der Waals surface area contributed by atoms with Crippen LogP contribution in [-0.2, 0) is 12.6 Å². The number of hydrogen-bond donors (Lipinski definition) is 0. The lowest BCUT2D eigenvalue weighted by atomic mass is 9.82. The van der Waals surface area contributed by atoms with Gasteiger partial charge < -0.3 is 4.90 Å². The molecule has 0 saturated carbocycles. The van der Waals surface area contributed by atoms with Crippen LogP contribution in [0.1, 0.15) is 48.4 Å². The average Bonchev–Trinajstić information content (AvgIpc) is 2.78. The van der Waals surface area contributed by atoms with E-state index in [9.17, 15) is 13.2 Å². The third-order valence-electron chi connectivity index (χ3n) is 6.47. The smallest absolute Gasteiger partial charge is 0.306 e. The van der Waals surface area contributed by atoms with Crippen LogP contribution in [0.4, 0.5) is 13.2 Å². The van der Waals surface area contributed by atoms with E-state index in [1.54, 1.807) is 12.1 Å². The van der Waals surface area contributed by atoms with E-state index in [1.165, 1.54) is 16.7 Å². The van der Waals surface area contributed by atoms with Crippen LogP contribution in [-0.4, -0.2) is 25.0 Å². The molecule has 0 aromatic heterocycles. The van der Waals surface area contributed by atoms with Crippen molar-refractivity contribution in [3.63, 3.8) is 0 Å². The number of alkyl halides is 3. The highest BCUT2D eigenvalue weighted by Crippen LogP contribution is 2.34. The van der Waals surface area contributed by atoms with Crippen LogP contribution in [0, 0.1) is 12.8 Å². The molecule has 33 heavy (non-hydrogen) atoms. The molecule has 0 N–H and O–H groups in total. The summed E-state index contributed by atoms with van der Waals surface area (Å²) in [5.41, 5.74) is 5.03. The third kappa shape index (κ3) is 6.94. The SMILES string of the molecule is Cc1cc(-c2ccc(C(F)(F)F)cc2)ccc1C(CCN(C)CCc1ccccc1)C(C)C. The number of hydrogen-bond acceptors (Lipinski definition) is 1. The van der Waals surface area contributed by atoms with Crippen molar-refractivity contribution in [1.29, 1.82) is 0 Å². The Kier molecular flexibility index (Phi) is 8.36. The van der Waals surface area contributed by atoms with Crippen LogP contribution in [0.3, 0.4) is 0 Å². The molecule has 0 spiro atoms. The van der Waals surface area contributed by atoms with Gasteiger partial charge in [0.25, 0.3) is 0 Å². The van der Waals surface area contributed by atoms with Crippen LogP contribution in [0.5, 0.6) is 0 Å². The first kappa shape index (κ1) is 25.0. The fraction of sp³-hybridized carbons (Fsp3) is 0.379. The summed E-state index contributed by atoms with van der Waals surface area (Å²) in [5.74, 6) is 0.939. The molecular weight excluding hydrogens is 419 g/mol. The van der Waals surface area contributed by atoms with Gasteiger partial charge in [-0.25, -0.2) is 0 Å². The molecule has 0 heterocycles. The lowest BCUT2D eigenvalue weighted by Crippen LogP contribution is -2.25. The van der Waals surface area contributed by atoms with Gasteiger partial charge in [0.2, 0.25) is 0 Å². The van der Waals surface area contributed by atoms with E-state index >= 15 is 0 Å². The molecule has 176 valence electrons. The molecule has 0 aliphatic rings. The molecule has 4 heteroatoms. The van der Waals surface area contributed by atoms with Gasteiger partial charge in [-0.15, -0.1) is 0 Å². The van der Waals surface area contributed by atoms with Crippen molar-refractivity contribution in [2.24, 2.45) is 5.92 Å². The fourth-order valence-electron chi connectivity index (χ4n) is 4.41. The highest BCUT2D eigenvalue weighted by atomic mass is 19.4. The molecule has 0 saturated heterocycles. The minimum atomic E-state index is -4.31. The molecule has 3 aromatic rings. The maximum absolute atomic E-state index is 12.9. The van der Waals surface area contributed by atoms with Crippen LogP contribution in [0.25, 0.3) is 11.1 Å². The van der Waals surface area contributed by atoms with Gasteiger partial charge in [-0.05, 0) is 85.1 Å². The lowest BCUT2D eigenvalue weighted by Gasteiger charge is -2.26. The Hall–Kier alpha value is -2.59. The maximum atomic E-state index is 12.9. The molecule has 3 aromatic carbocycles. The van der Waals surface area contributed by atoms with Crippen LogP contribution >= 0.6 is 0 Å². The van der Waals surface area contributed by atoms with Crippen molar-refractivity contribution < 1.29 is 13.2 Å². The van der Waals surface area contributed by atoms with Crippen molar-refractivity contribution in [2.75, 3.05) is 20.1 Å². The van der Waals surface area contributed by atoms with E-state index in [0.29, 0.717) is 11.8 Å². The molecule has 0 fully saturated rings. The van der Waals surface area contributed by atoms with E-state index in [0.717, 1.165) is 49.2 Å². The molecule has 0 radical (unpaired) electrons. The quantitative estimate of drug-likeness (QED) is 0.317. The zero-order valence-corrected chi connectivity index (χ0v) is 20.0. The predicted molar refractivity (Wildman–Crippen MR) is 131 cm³/mol. The number of nitrogens with zero attached hydrogens (tertiary/aromatic N) is 1. The minimum Gasteiger partial charge on any atom is -0.306 e. The Morgan fingerprint density at radius 3 is 2.03 bits per heavy atom. The highest BCUT2D eigenvalue weighted by Gasteiger charge is 2.30. The topological polar surface area (TPSA) is 3.24 Å². The summed E-state index contributed by atoms with van der Waals surface area (Å²) in [7, 11) is 2.18. The molecule has 1 unspecified atom stereocenters. The van der Waals surface area contributed by atoms with Gasteiger partial charge in [0, 0.05) is 6.54 Å². The highest BCUT2D eigenvalue weighted by molar-refractivity contribution is 5.65. The standard InChI is InChI=1S/C29H34F3N/c1-21(2)27(17-19-33(4)18-16-23-8-6-5-7-9-23)28-15-12-25(20-22(28)3)24-10-13-26(14-11-24)29(30,31)32/h5-15,20-21,27H,16-19H2,1-4H3. The van der Waals surface area contributed by atoms with E-state index in [-0.39, 0.29) is 0 Å². The Morgan fingerprint density at radius 1 is 0.818 bits per heavy atom. The van der Waals surface area contributed by atoms with Crippen molar-refractivity contribution in [3.8, 4) is 11.1 Å². The molecular formula is C29H34F3N. The van der Waals surface area contributed by atoms with Crippen molar-refractivity contribution in [1.82, 2.24) is 4.90 Å². The Bertz CT molecular complexity index is 1010. The number of halogens is 3. The van der Waals surface area contributed by atoms with Gasteiger partial charge >= 0.3 is 6.18 Å². The fourth-order valence-corrected chi connectivity index (χ4v) is 4.41. The Morgan fingerprint density at radius 2 is 1.45 bits per heavy atom. The molecule has 0 bridgehead atoms. The normalized spacial score (nSPS) is 13.0. The number of benzene rings is 3. The molecule has 1 atom stereocenters. The summed E-state index contributed by atoms with van der Waals surface area (Å²) in [6.45, 7) is 8.68. The van der Waals surface area contributed by atoms with Crippen LogP contribution < -0.4 is 0 Å². The van der Waals surface area contributed by atoms with E-state index < -0.39 is 11.7 Å². The summed E-state index contributed by atoms with van der Waals surface area (Å²) in [5, 5.41) is 0. The predicted octanol–water partition coefficient (Wildman–Crippen LogP) is 7.99. The maximum Gasteiger partial charge on any atom is 0.416 e. The van der Waals surface area contributed by atoms with Gasteiger partial charge in [0.15, 0.2) is 0 Å². The molecule has 1 nitrogen and oxygen atoms in total. The molecule has 0 amide bonds. The average molecular weight is 454 g/mol. The largest absolute Gasteiger partial charge is 0.416 e. The summed E-state index contributed by atoms with van der Waals surface area (Å²) in [6, 6.07) is 22.3. The second-order valence-electron chi connectivity index (χ2n) is 9.32. The zero-order valence-electron chi connectivity index (χ0n) is 20.0. The lowest BCUT2D eigenvalue weighted by molar-refractivity contribution is -0.137. The van der Waals surface area contributed by atoms with Gasteiger partial charge in [0.1, 0.15) is 0 Å². The Balaban J connectivity index is 1.66. The van der Waals surface area contributed by atoms with Gasteiger partial charge in [-0.1, -0.05) is 74.5 Å². The molecule has 3 rings (SSSR count). The minimum absolute atomic E-state index is 0.436. The van der Waals surface area contributed by atoms with Gasteiger partial charge in [-0.2, -0.15) is 13.2 Å². The first-order valence-electron chi connectivity index (χ1n) is 11.7. The summed E-state index contributed by atoms with van der Waals surface area (Å²) < 4.78 is 38.6. The monoisotopic (exact) mass is 453 g/mol. The zero-order chi connectivity index (χ0) is 24.0. The third-order valence-corrected chi connectivity index (χ3v) is 6.47. The summed E-state index contributed by atoms with van der Waals surface area (Å²) in [6.07, 6.45) is -2.19. The van der Waals surface area contributed by atoms with E-state index in [1.807, 2.05) is 12.1 Å². The Labute approximate surface area is 196 Å². The number of rotatable bonds is 9. The first-order chi connectivity index (χ1) is 15.6. The van der Waals surface area contributed by atoms with Gasteiger partial charge in [0.05, 0.1) is 5.56 Å². The second kappa shape index (κ2) is 11.0. The molecule has 0 aliphatic heterocycles. The number of likely N-dealkylation sites (N-methyl/N-ethyl adjacent to an activating group) is 1. The van der Waals surface area contributed by atoms with Crippen molar-refractivity contribution in [2.45, 2.75) is 45.7 Å². The summed E-state index contributed by atoms with van der Waals surface area (Å²) >= 11 is 0. The van der Waals surface area contributed by atoms with Gasteiger partial charge in [-0.3, -0.25) is 0 Å². The molecule has 0 aliphatic carbocycles. The van der Waals surface area contributed by atoms with Crippen molar-refractivity contribution in [3.05, 3.63) is 95.1 Å².